The van der Waals surface area contributed by atoms with Gasteiger partial charge in [0.25, 0.3) is 5.91 Å². The van der Waals surface area contributed by atoms with Crippen LogP contribution in [0, 0.1) is 6.92 Å². The number of benzene rings is 1. The van der Waals surface area contributed by atoms with E-state index in [2.05, 4.69) is 24.0 Å². The van der Waals surface area contributed by atoms with E-state index in [1.54, 1.807) is 0 Å². The van der Waals surface area contributed by atoms with Crippen LogP contribution in [0.1, 0.15) is 22.5 Å². The first-order valence-corrected chi connectivity index (χ1v) is 10.2. The van der Waals surface area contributed by atoms with Crippen LogP contribution < -0.4 is 4.74 Å². The highest BCUT2D eigenvalue weighted by molar-refractivity contribution is 5.92. The van der Waals surface area contributed by atoms with Gasteiger partial charge in [0.1, 0.15) is 17.5 Å². The molecule has 4 rings (SSSR count). The van der Waals surface area contributed by atoms with Crippen molar-refractivity contribution in [2.24, 2.45) is 7.05 Å². The summed E-state index contributed by atoms with van der Waals surface area (Å²) in [6.07, 6.45) is -1.98. The van der Waals surface area contributed by atoms with Gasteiger partial charge in [0.15, 0.2) is 0 Å². The maximum Gasteiger partial charge on any atom is 0.490 e. The van der Waals surface area contributed by atoms with Crippen molar-refractivity contribution < 1.29 is 32.6 Å². The van der Waals surface area contributed by atoms with Gasteiger partial charge >= 0.3 is 12.1 Å². The zero-order valence-corrected chi connectivity index (χ0v) is 17.9. The molecule has 2 aromatic rings. The van der Waals surface area contributed by atoms with Gasteiger partial charge in [-0.2, -0.15) is 13.2 Å². The van der Waals surface area contributed by atoms with E-state index in [9.17, 15) is 18.0 Å². The van der Waals surface area contributed by atoms with Crippen LogP contribution in [-0.2, 0) is 11.8 Å². The Morgan fingerprint density at radius 2 is 1.75 bits per heavy atom. The van der Waals surface area contributed by atoms with E-state index in [0.717, 1.165) is 44.0 Å². The monoisotopic (exact) mass is 453 g/mol. The number of piperazine rings is 1. The molecule has 1 amide bonds. The maximum atomic E-state index is 12.7. The molecule has 2 fully saturated rings. The number of hydrogen-bond acceptors (Lipinski definition) is 4. The molecule has 7 nitrogen and oxygen atoms in total. The second kappa shape index (κ2) is 9.64. The van der Waals surface area contributed by atoms with Crippen LogP contribution in [0.3, 0.4) is 0 Å². The lowest BCUT2D eigenvalue weighted by atomic mass is 10.1. The number of carboxylic acid groups (broad SMARTS) is 1. The average Bonchev–Trinajstić information content (AvgIpc) is 3.33. The SMILES string of the molecule is Cc1ccc(O[C@@H]2C[C@H]3CN(C(=O)c4cccn4C)CCN3C2)cc1.O=C(O)C(F)(F)F. The summed E-state index contributed by atoms with van der Waals surface area (Å²) in [5.74, 6) is -1.69. The van der Waals surface area contributed by atoms with Gasteiger partial charge in [0.05, 0.1) is 0 Å². The Hall–Kier alpha value is -3.01. The second-order valence-corrected chi connectivity index (χ2v) is 8.00. The first-order valence-electron chi connectivity index (χ1n) is 10.2. The molecule has 0 unspecified atom stereocenters. The third kappa shape index (κ3) is 5.82. The molecule has 174 valence electrons. The Kier molecular flexibility index (Phi) is 7.12. The number of aryl methyl sites for hydroxylation is 2. The third-order valence-electron chi connectivity index (χ3n) is 5.59. The number of alkyl halides is 3. The molecule has 2 saturated heterocycles. The molecule has 1 aromatic carbocycles. The summed E-state index contributed by atoms with van der Waals surface area (Å²) >= 11 is 0. The van der Waals surface area contributed by atoms with Crippen LogP contribution in [0.25, 0.3) is 0 Å². The first kappa shape index (κ1) is 23.6. The molecule has 2 aliphatic rings. The van der Waals surface area contributed by atoms with Crippen molar-refractivity contribution in [1.29, 1.82) is 0 Å². The molecule has 0 saturated carbocycles. The lowest BCUT2D eigenvalue weighted by Crippen LogP contribution is -2.52. The molecule has 10 heteroatoms. The molecule has 0 spiro atoms. The number of fused-ring (bicyclic) bond motifs is 1. The quantitative estimate of drug-likeness (QED) is 0.774. The Bertz CT molecular complexity index is 943. The topological polar surface area (TPSA) is 75.0 Å². The highest BCUT2D eigenvalue weighted by atomic mass is 19.4. The zero-order valence-electron chi connectivity index (χ0n) is 17.9. The van der Waals surface area contributed by atoms with Crippen LogP contribution in [0.5, 0.6) is 5.75 Å². The smallest absolute Gasteiger partial charge is 0.489 e. The zero-order chi connectivity index (χ0) is 23.5. The molecule has 0 radical (unpaired) electrons. The lowest BCUT2D eigenvalue weighted by molar-refractivity contribution is -0.192. The van der Waals surface area contributed by atoms with Crippen molar-refractivity contribution in [3.8, 4) is 5.75 Å². The van der Waals surface area contributed by atoms with Gasteiger partial charge in [-0.15, -0.1) is 0 Å². The summed E-state index contributed by atoms with van der Waals surface area (Å²) in [7, 11) is 1.92. The number of amides is 1. The summed E-state index contributed by atoms with van der Waals surface area (Å²) in [5.41, 5.74) is 2.00. The minimum Gasteiger partial charge on any atom is -0.489 e. The Balaban J connectivity index is 0.000000360. The Morgan fingerprint density at radius 3 is 2.31 bits per heavy atom. The molecule has 1 aromatic heterocycles. The number of nitrogens with zero attached hydrogens (tertiary/aromatic N) is 3. The van der Waals surface area contributed by atoms with Crippen LogP contribution in [0.4, 0.5) is 13.2 Å². The average molecular weight is 453 g/mol. The second-order valence-electron chi connectivity index (χ2n) is 8.00. The van der Waals surface area contributed by atoms with Gasteiger partial charge in [-0.25, -0.2) is 4.79 Å². The third-order valence-corrected chi connectivity index (χ3v) is 5.59. The molecule has 2 aliphatic heterocycles. The molecule has 32 heavy (non-hydrogen) atoms. The number of carboxylic acids is 1. The molecule has 2 atom stereocenters. The number of rotatable bonds is 3. The van der Waals surface area contributed by atoms with Crippen molar-refractivity contribution in [2.75, 3.05) is 26.2 Å². The summed E-state index contributed by atoms with van der Waals surface area (Å²) in [5, 5.41) is 7.12. The van der Waals surface area contributed by atoms with Gasteiger partial charge < -0.3 is 19.3 Å². The first-order chi connectivity index (χ1) is 15.0. The number of aromatic nitrogens is 1. The fourth-order valence-electron chi connectivity index (χ4n) is 3.92. The van der Waals surface area contributed by atoms with E-state index in [1.165, 1.54) is 5.56 Å². The Morgan fingerprint density at radius 1 is 1.09 bits per heavy atom. The predicted molar refractivity (Wildman–Crippen MR) is 111 cm³/mol. The lowest BCUT2D eigenvalue weighted by Gasteiger charge is -2.37. The number of aliphatic carboxylic acids is 1. The number of carbonyl (C=O) groups is 2. The summed E-state index contributed by atoms with van der Waals surface area (Å²) < 4.78 is 39.8. The fraction of sp³-hybridized carbons (Fsp3) is 0.455. The van der Waals surface area contributed by atoms with Crippen LogP contribution >= 0.6 is 0 Å². The molecule has 3 heterocycles. The summed E-state index contributed by atoms with van der Waals surface area (Å²) in [6, 6.07) is 12.5. The highest BCUT2D eigenvalue weighted by Crippen LogP contribution is 2.26. The van der Waals surface area contributed by atoms with Crippen molar-refractivity contribution in [3.63, 3.8) is 0 Å². The molecule has 1 N–H and O–H groups in total. The van der Waals surface area contributed by atoms with Gasteiger partial charge in [-0.05, 0) is 31.2 Å². The van der Waals surface area contributed by atoms with Gasteiger partial charge in [-0.1, -0.05) is 17.7 Å². The summed E-state index contributed by atoms with van der Waals surface area (Å²) in [4.78, 5) is 26.1. The Labute approximate surface area is 184 Å². The number of ether oxygens (including phenoxy) is 1. The minimum atomic E-state index is -5.08. The van der Waals surface area contributed by atoms with Crippen LogP contribution in [0.15, 0.2) is 42.6 Å². The van der Waals surface area contributed by atoms with E-state index < -0.39 is 12.1 Å². The van der Waals surface area contributed by atoms with Crippen LogP contribution in [-0.4, -0.2) is 75.9 Å². The standard InChI is InChI=1S/C20H25N3O2.C2HF3O2/c1-15-5-7-17(8-6-15)25-18-12-16-13-23(11-10-22(16)14-18)20(24)19-4-3-9-21(19)2;3-2(4,5)1(6)7/h3-9,16,18H,10-14H2,1-2H3;(H,6,7)/t16-,18+;/m0./s1. The van der Waals surface area contributed by atoms with Crippen molar-refractivity contribution in [3.05, 3.63) is 53.9 Å². The van der Waals surface area contributed by atoms with Gasteiger partial charge in [0, 0.05) is 51.9 Å². The van der Waals surface area contributed by atoms with Gasteiger partial charge in [0.2, 0.25) is 0 Å². The van der Waals surface area contributed by atoms with Crippen LogP contribution in [0.2, 0.25) is 0 Å². The van der Waals surface area contributed by atoms with Crippen molar-refractivity contribution in [1.82, 2.24) is 14.4 Å². The normalized spacial score (nSPS) is 20.8. The van der Waals surface area contributed by atoms with E-state index in [1.807, 2.05) is 47.0 Å². The minimum absolute atomic E-state index is 0.134. The van der Waals surface area contributed by atoms with Gasteiger partial charge in [-0.3, -0.25) is 9.69 Å². The molecule has 0 aliphatic carbocycles. The maximum absolute atomic E-state index is 12.7. The summed E-state index contributed by atoms with van der Waals surface area (Å²) in [6.45, 7) is 5.53. The molecular weight excluding hydrogens is 427 g/mol. The largest absolute Gasteiger partial charge is 0.490 e. The number of halogens is 3. The fourth-order valence-corrected chi connectivity index (χ4v) is 3.92. The van der Waals surface area contributed by atoms with Crippen molar-refractivity contribution >= 4 is 11.9 Å². The highest BCUT2D eigenvalue weighted by Gasteiger charge is 2.39. The van der Waals surface area contributed by atoms with E-state index >= 15 is 0 Å². The number of carbonyl (C=O) groups excluding carboxylic acids is 1. The van der Waals surface area contributed by atoms with E-state index in [0.29, 0.717) is 6.04 Å². The molecule has 0 bridgehead atoms. The van der Waals surface area contributed by atoms with E-state index in [4.69, 9.17) is 14.6 Å². The van der Waals surface area contributed by atoms with E-state index in [-0.39, 0.29) is 12.0 Å². The molecular formula is C22H26F3N3O4. The number of hydrogen-bond donors (Lipinski definition) is 1. The van der Waals surface area contributed by atoms with Crippen molar-refractivity contribution in [2.45, 2.75) is 31.7 Å². The predicted octanol–water partition coefficient (Wildman–Crippen LogP) is 2.94.